The molecule has 0 spiro atoms. The molecule has 0 bridgehead atoms. The van der Waals surface area contributed by atoms with Crippen LogP contribution in [0.1, 0.15) is 20.3 Å². The quantitative estimate of drug-likeness (QED) is 0.821. The van der Waals surface area contributed by atoms with Gasteiger partial charge in [0.05, 0.1) is 13.0 Å². The molecule has 1 atom stereocenters. The first-order valence-corrected chi connectivity index (χ1v) is 7.31. The van der Waals surface area contributed by atoms with Crippen LogP contribution in [0.3, 0.4) is 0 Å². The lowest BCUT2D eigenvalue weighted by Gasteiger charge is -2.24. The lowest BCUT2D eigenvalue weighted by Crippen LogP contribution is -2.54. The number of carbonyl (C=O) groups excluding carboxylic acids is 3. The SMILES string of the molecule is COc1cccc(N2C[C@@H](C(=O)NC(C)(C)C(N)=O)CC2=O)c1. The fraction of sp³-hybridized carbons (Fsp3) is 0.438. The van der Waals surface area contributed by atoms with E-state index in [2.05, 4.69) is 5.32 Å². The lowest BCUT2D eigenvalue weighted by molar-refractivity contribution is -0.132. The van der Waals surface area contributed by atoms with E-state index in [-0.39, 0.29) is 24.8 Å². The summed E-state index contributed by atoms with van der Waals surface area (Å²) in [6.45, 7) is 3.32. The molecule has 7 nitrogen and oxygen atoms in total. The number of methoxy groups -OCH3 is 1. The zero-order valence-electron chi connectivity index (χ0n) is 13.5. The second kappa shape index (κ2) is 6.28. The average molecular weight is 319 g/mol. The maximum atomic E-state index is 12.3. The van der Waals surface area contributed by atoms with Crippen LogP contribution in [0.25, 0.3) is 0 Å². The Balaban J connectivity index is 2.10. The molecule has 1 aliphatic heterocycles. The molecule has 7 heteroatoms. The van der Waals surface area contributed by atoms with Crippen molar-refractivity contribution >= 4 is 23.4 Å². The van der Waals surface area contributed by atoms with Crippen molar-refractivity contribution in [3.8, 4) is 5.75 Å². The minimum absolute atomic E-state index is 0.0951. The second-order valence-corrected chi connectivity index (χ2v) is 6.09. The van der Waals surface area contributed by atoms with Gasteiger partial charge >= 0.3 is 0 Å². The van der Waals surface area contributed by atoms with Gasteiger partial charge in [-0.2, -0.15) is 0 Å². The highest BCUT2D eigenvalue weighted by molar-refractivity contribution is 6.01. The summed E-state index contributed by atoms with van der Waals surface area (Å²) >= 11 is 0. The Morgan fingerprint density at radius 3 is 2.70 bits per heavy atom. The van der Waals surface area contributed by atoms with Crippen LogP contribution < -0.4 is 20.7 Å². The molecular weight excluding hydrogens is 298 g/mol. The van der Waals surface area contributed by atoms with Crippen LogP contribution in [0.4, 0.5) is 5.69 Å². The van der Waals surface area contributed by atoms with Crippen molar-refractivity contribution < 1.29 is 19.1 Å². The van der Waals surface area contributed by atoms with Gasteiger partial charge in [-0.15, -0.1) is 0 Å². The van der Waals surface area contributed by atoms with Crippen LogP contribution in [0, 0.1) is 5.92 Å². The molecule has 0 saturated carbocycles. The van der Waals surface area contributed by atoms with E-state index >= 15 is 0 Å². The zero-order chi connectivity index (χ0) is 17.2. The van der Waals surface area contributed by atoms with E-state index < -0.39 is 17.4 Å². The topological polar surface area (TPSA) is 102 Å². The molecule has 124 valence electrons. The standard InChI is InChI=1S/C16H21N3O4/c1-16(2,15(17)22)18-14(21)10-7-13(20)19(9-10)11-5-4-6-12(8-11)23-3/h4-6,8,10H,7,9H2,1-3H3,(H2,17,22)(H,18,21)/t10-/m0/s1. The summed E-state index contributed by atoms with van der Waals surface area (Å²) in [5, 5.41) is 2.60. The fourth-order valence-corrected chi connectivity index (χ4v) is 2.38. The Kier molecular flexibility index (Phi) is 4.58. The lowest BCUT2D eigenvalue weighted by atomic mass is 10.0. The molecule has 0 aliphatic carbocycles. The summed E-state index contributed by atoms with van der Waals surface area (Å²) in [6.07, 6.45) is 0.0951. The highest BCUT2D eigenvalue weighted by Gasteiger charge is 2.38. The van der Waals surface area contributed by atoms with Gasteiger partial charge in [0.2, 0.25) is 17.7 Å². The largest absolute Gasteiger partial charge is 0.497 e. The van der Waals surface area contributed by atoms with Crippen LogP contribution >= 0.6 is 0 Å². The Morgan fingerprint density at radius 1 is 1.39 bits per heavy atom. The molecule has 2 rings (SSSR count). The van der Waals surface area contributed by atoms with E-state index in [1.165, 1.54) is 13.8 Å². The molecule has 3 amide bonds. The molecule has 3 N–H and O–H groups in total. The van der Waals surface area contributed by atoms with Gasteiger partial charge < -0.3 is 20.7 Å². The van der Waals surface area contributed by atoms with Gasteiger partial charge in [-0.3, -0.25) is 14.4 Å². The van der Waals surface area contributed by atoms with Crippen molar-refractivity contribution in [2.24, 2.45) is 11.7 Å². The summed E-state index contributed by atoms with van der Waals surface area (Å²) < 4.78 is 5.15. The third-order valence-electron chi connectivity index (χ3n) is 3.91. The van der Waals surface area contributed by atoms with E-state index in [1.807, 2.05) is 0 Å². The van der Waals surface area contributed by atoms with E-state index in [9.17, 15) is 14.4 Å². The van der Waals surface area contributed by atoms with Crippen LogP contribution in [-0.2, 0) is 14.4 Å². The first-order valence-electron chi connectivity index (χ1n) is 7.31. The number of nitrogens with zero attached hydrogens (tertiary/aromatic N) is 1. The number of nitrogens with two attached hydrogens (primary N) is 1. The van der Waals surface area contributed by atoms with E-state index in [4.69, 9.17) is 10.5 Å². The first-order chi connectivity index (χ1) is 10.7. The summed E-state index contributed by atoms with van der Waals surface area (Å²) in [5.74, 6) is -1.01. The van der Waals surface area contributed by atoms with Crippen molar-refractivity contribution in [1.82, 2.24) is 5.32 Å². The molecule has 0 unspecified atom stereocenters. The summed E-state index contributed by atoms with van der Waals surface area (Å²) in [6, 6.07) is 7.09. The summed E-state index contributed by atoms with van der Waals surface area (Å²) in [4.78, 5) is 37.3. The monoisotopic (exact) mass is 319 g/mol. The van der Waals surface area contributed by atoms with Gasteiger partial charge in [0, 0.05) is 24.7 Å². The van der Waals surface area contributed by atoms with Gasteiger partial charge in [-0.05, 0) is 26.0 Å². The smallest absolute Gasteiger partial charge is 0.242 e. The van der Waals surface area contributed by atoms with E-state index in [1.54, 1.807) is 36.3 Å². The van der Waals surface area contributed by atoms with Gasteiger partial charge in [0.1, 0.15) is 11.3 Å². The number of amides is 3. The summed E-state index contributed by atoms with van der Waals surface area (Å²) in [5.41, 5.74) is 4.78. The molecule has 23 heavy (non-hydrogen) atoms. The molecule has 1 heterocycles. The third-order valence-corrected chi connectivity index (χ3v) is 3.91. The molecule has 0 radical (unpaired) electrons. The van der Waals surface area contributed by atoms with Crippen LogP contribution in [0.2, 0.25) is 0 Å². The Morgan fingerprint density at radius 2 is 2.09 bits per heavy atom. The van der Waals surface area contributed by atoms with Crippen LogP contribution in [0.5, 0.6) is 5.75 Å². The first kappa shape index (κ1) is 16.8. The van der Waals surface area contributed by atoms with Crippen molar-refractivity contribution in [2.45, 2.75) is 25.8 Å². The summed E-state index contributed by atoms with van der Waals surface area (Å²) in [7, 11) is 1.55. The van der Waals surface area contributed by atoms with Gasteiger partial charge in [-0.25, -0.2) is 0 Å². The molecular formula is C16H21N3O4. The minimum atomic E-state index is -1.15. The van der Waals surface area contributed by atoms with Crippen molar-refractivity contribution in [2.75, 3.05) is 18.6 Å². The molecule has 1 saturated heterocycles. The predicted molar refractivity (Wildman–Crippen MR) is 84.9 cm³/mol. The highest BCUT2D eigenvalue weighted by atomic mass is 16.5. The van der Waals surface area contributed by atoms with Crippen LogP contribution in [-0.4, -0.2) is 36.9 Å². The second-order valence-electron chi connectivity index (χ2n) is 6.09. The predicted octanol–water partition coefficient (Wildman–Crippen LogP) is 0.428. The van der Waals surface area contributed by atoms with E-state index in [0.717, 1.165) is 0 Å². The van der Waals surface area contributed by atoms with Crippen LogP contribution in [0.15, 0.2) is 24.3 Å². The van der Waals surface area contributed by atoms with Gasteiger partial charge in [0.25, 0.3) is 0 Å². The molecule has 1 aliphatic rings. The minimum Gasteiger partial charge on any atom is -0.497 e. The third kappa shape index (κ3) is 3.61. The average Bonchev–Trinajstić information content (AvgIpc) is 2.89. The zero-order valence-corrected chi connectivity index (χ0v) is 13.5. The molecule has 1 fully saturated rings. The number of rotatable bonds is 5. The molecule has 1 aromatic carbocycles. The van der Waals surface area contributed by atoms with Crippen molar-refractivity contribution in [3.05, 3.63) is 24.3 Å². The normalized spacial score (nSPS) is 18.0. The number of primary amides is 1. The maximum absolute atomic E-state index is 12.3. The number of benzene rings is 1. The Labute approximate surface area is 134 Å². The Hall–Kier alpha value is -2.57. The van der Waals surface area contributed by atoms with E-state index in [0.29, 0.717) is 11.4 Å². The van der Waals surface area contributed by atoms with Gasteiger partial charge in [0.15, 0.2) is 0 Å². The number of anilines is 1. The number of carbonyl (C=O) groups is 3. The van der Waals surface area contributed by atoms with Gasteiger partial charge in [-0.1, -0.05) is 6.07 Å². The fourth-order valence-electron chi connectivity index (χ4n) is 2.38. The number of hydrogen-bond donors (Lipinski definition) is 2. The maximum Gasteiger partial charge on any atom is 0.242 e. The molecule has 0 aromatic heterocycles. The number of hydrogen-bond acceptors (Lipinski definition) is 4. The number of ether oxygens (including phenoxy) is 1. The molecule has 1 aromatic rings. The van der Waals surface area contributed by atoms with Crippen molar-refractivity contribution in [1.29, 1.82) is 0 Å². The number of nitrogens with one attached hydrogen (secondary N) is 1. The highest BCUT2D eigenvalue weighted by Crippen LogP contribution is 2.28. The van der Waals surface area contributed by atoms with Crippen molar-refractivity contribution in [3.63, 3.8) is 0 Å². The Bertz CT molecular complexity index is 642.